The lowest BCUT2D eigenvalue weighted by atomic mass is 9.87. The van der Waals surface area contributed by atoms with Gasteiger partial charge in [-0.15, -0.1) is 0 Å². The summed E-state index contributed by atoms with van der Waals surface area (Å²) in [7, 11) is -1.28. The van der Waals surface area contributed by atoms with Crippen molar-refractivity contribution >= 4 is 27.6 Å². The van der Waals surface area contributed by atoms with Crippen LogP contribution in [0.25, 0.3) is 0 Å². The van der Waals surface area contributed by atoms with Gasteiger partial charge in [0.2, 0.25) is 10.0 Å². The van der Waals surface area contributed by atoms with Gasteiger partial charge in [-0.3, -0.25) is 4.79 Å². The molecule has 0 unspecified atom stereocenters. The SMILES string of the molecule is COC(=O)c1c(C)cccc1NC(=O)c1ccc(OC)c(S(=O)(=O)N[C@@H]2CCCC[C@@H]2C)c1. The van der Waals surface area contributed by atoms with Gasteiger partial charge in [-0.05, 0) is 55.5 Å². The van der Waals surface area contributed by atoms with Crippen molar-refractivity contribution in [3.8, 4) is 5.75 Å². The second kappa shape index (κ2) is 10.4. The molecule has 0 saturated heterocycles. The molecule has 1 fully saturated rings. The highest BCUT2D eigenvalue weighted by molar-refractivity contribution is 7.89. The first-order valence-electron chi connectivity index (χ1n) is 10.9. The van der Waals surface area contributed by atoms with E-state index in [1.54, 1.807) is 25.1 Å². The van der Waals surface area contributed by atoms with Crippen LogP contribution >= 0.6 is 0 Å². The molecule has 3 rings (SSSR count). The van der Waals surface area contributed by atoms with E-state index in [1.165, 1.54) is 32.4 Å². The zero-order valence-corrected chi connectivity index (χ0v) is 20.1. The number of sulfonamides is 1. The molecular weight excluding hydrogens is 444 g/mol. The molecule has 2 atom stereocenters. The number of esters is 1. The van der Waals surface area contributed by atoms with Crippen molar-refractivity contribution in [1.82, 2.24) is 4.72 Å². The summed E-state index contributed by atoms with van der Waals surface area (Å²) in [5, 5.41) is 2.69. The average Bonchev–Trinajstić information content (AvgIpc) is 2.79. The maximum atomic E-state index is 13.2. The van der Waals surface area contributed by atoms with Crippen LogP contribution in [-0.4, -0.2) is 40.6 Å². The molecule has 1 amide bonds. The van der Waals surface area contributed by atoms with E-state index in [0.717, 1.165) is 25.7 Å². The number of anilines is 1. The molecule has 1 aliphatic carbocycles. The van der Waals surface area contributed by atoms with E-state index in [9.17, 15) is 18.0 Å². The Bertz CT molecular complexity index is 1150. The fourth-order valence-corrected chi connectivity index (χ4v) is 5.70. The Hall–Kier alpha value is -2.91. The Kier molecular flexibility index (Phi) is 7.76. The molecule has 9 heteroatoms. The number of rotatable bonds is 7. The van der Waals surface area contributed by atoms with Crippen molar-refractivity contribution < 1.29 is 27.5 Å². The molecule has 0 aliphatic heterocycles. The molecule has 33 heavy (non-hydrogen) atoms. The molecule has 0 bridgehead atoms. The highest BCUT2D eigenvalue weighted by Crippen LogP contribution is 2.29. The van der Waals surface area contributed by atoms with Crippen molar-refractivity contribution in [2.75, 3.05) is 19.5 Å². The molecule has 2 aromatic carbocycles. The van der Waals surface area contributed by atoms with Gasteiger partial charge >= 0.3 is 5.97 Å². The summed E-state index contributed by atoms with van der Waals surface area (Å²) in [6, 6.07) is 9.08. The topological polar surface area (TPSA) is 111 Å². The average molecular weight is 475 g/mol. The minimum absolute atomic E-state index is 0.104. The zero-order valence-electron chi connectivity index (χ0n) is 19.3. The van der Waals surface area contributed by atoms with Crippen molar-refractivity contribution in [2.24, 2.45) is 5.92 Å². The summed E-state index contributed by atoms with van der Waals surface area (Å²) in [5.41, 5.74) is 1.28. The number of carbonyl (C=O) groups excluding carboxylic acids is 2. The molecule has 2 aromatic rings. The van der Waals surface area contributed by atoms with Gasteiger partial charge in [0.25, 0.3) is 5.91 Å². The summed E-state index contributed by atoms with van der Waals surface area (Å²) in [6.07, 6.45) is 3.79. The molecular formula is C24H30N2O6S. The maximum absolute atomic E-state index is 13.2. The third kappa shape index (κ3) is 5.54. The third-order valence-corrected chi connectivity index (χ3v) is 7.55. The molecule has 1 saturated carbocycles. The summed E-state index contributed by atoms with van der Waals surface area (Å²) in [4.78, 5) is 25.1. The summed E-state index contributed by atoms with van der Waals surface area (Å²) in [6.45, 7) is 3.77. The van der Waals surface area contributed by atoms with Gasteiger partial charge in [-0.1, -0.05) is 31.9 Å². The van der Waals surface area contributed by atoms with Gasteiger partial charge in [-0.25, -0.2) is 17.9 Å². The van der Waals surface area contributed by atoms with Gasteiger partial charge in [0, 0.05) is 11.6 Å². The monoisotopic (exact) mass is 474 g/mol. The third-order valence-electron chi connectivity index (χ3n) is 6.04. The van der Waals surface area contributed by atoms with E-state index in [0.29, 0.717) is 5.56 Å². The van der Waals surface area contributed by atoms with E-state index >= 15 is 0 Å². The number of benzene rings is 2. The van der Waals surface area contributed by atoms with E-state index in [1.807, 2.05) is 6.92 Å². The molecule has 0 spiro atoms. The molecule has 0 heterocycles. The first-order valence-corrected chi connectivity index (χ1v) is 12.4. The van der Waals surface area contributed by atoms with Crippen LogP contribution in [0.5, 0.6) is 5.75 Å². The molecule has 178 valence electrons. The standard InChI is InChI=1S/C24H30N2O6S/c1-15-8-5-6-10-18(15)26-33(29,30)21-14-17(12-13-20(21)31-3)23(27)25-19-11-7-9-16(2)22(19)24(28)32-4/h7,9,11-15,18,26H,5-6,8,10H2,1-4H3,(H,25,27)/t15-,18+/m0/s1. The fourth-order valence-electron chi connectivity index (χ4n) is 4.12. The number of ether oxygens (including phenoxy) is 2. The molecule has 2 N–H and O–H groups in total. The Morgan fingerprint density at radius 1 is 1.06 bits per heavy atom. The van der Waals surface area contributed by atoms with Crippen molar-refractivity contribution in [2.45, 2.75) is 50.5 Å². The number of methoxy groups -OCH3 is 2. The van der Waals surface area contributed by atoms with Crippen LogP contribution in [0.2, 0.25) is 0 Å². The van der Waals surface area contributed by atoms with E-state index < -0.39 is 21.9 Å². The summed E-state index contributed by atoms with van der Waals surface area (Å²) >= 11 is 0. The molecule has 8 nitrogen and oxygen atoms in total. The predicted molar refractivity (Wildman–Crippen MR) is 125 cm³/mol. The van der Waals surface area contributed by atoms with Gasteiger partial charge in [0.15, 0.2) is 0 Å². The smallest absolute Gasteiger partial charge is 0.340 e. The number of nitrogens with one attached hydrogen (secondary N) is 2. The molecule has 0 radical (unpaired) electrons. The van der Waals surface area contributed by atoms with Crippen LogP contribution in [-0.2, 0) is 14.8 Å². The number of aryl methyl sites for hydroxylation is 1. The summed E-state index contributed by atoms with van der Waals surface area (Å²) < 4.78 is 39.3. The van der Waals surface area contributed by atoms with Crippen LogP contribution in [0.15, 0.2) is 41.3 Å². The van der Waals surface area contributed by atoms with Gasteiger partial charge in [0.1, 0.15) is 10.6 Å². The second-order valence-corrected chi connectivity index (χ2v) is 9.98. The van der Waals surface area contributed by atoms with Crippen LogP contribution in [0.3, 0.4) is 0 Å². The van der Waals surface area contributed by atoms with Crippen molar-refractivity contribution in [3.05, 3.63) is 53.1 Å². The number of hydrogen-bond donors (Lipinski definition) is 2. The lowest BCUT2D eigenvalue weighted by Gasteiger charge is -2.29. The lowest BCUT2D eigenvalue weighted by Crippen LogP contribution is -2.41. The quantitative estimate of drug-likeness (QED) is 0.589. The first-order chi connectivity index (χ1) is 15.7. The Balaban J connectivity index is 1.92. The van der Waals surface area contributed by atoms with Crippen LogP contribution in [0.1, 0.15) is 58.9 Å². The van der Waals surface area contributed by atoms with E-state index in [4.69, 9.17) is 9.47 Å². The predicted octanol–water partition coefficient (Wildman–Crippen LogP) is 3.90. The largest absolute Gasteiger partial charge is 0.495 e. The zero-order chi connectivity index (χ0) is 24.2. The maximum Gasteiger partial charge on any atom is 0.340 e. The number of carbonyl (C=O) groups is 2. The van der Waals surface area contributed by atoms with Gasteiger partial charge in [0.05, 0.1) is 25.5 Å². The highest BCUT2D eigenvalue weighted by Gasteiger charge is 2.29. The normalized spacial score (nSPS) is 18.4. The van der Waals surface area contributed by atoms with E-state index in [-0.39, 0.29) is 39.4 Å². The first kappa shape index (κ1) is 24.7. The Morgan fingerprint density at radius 3 is 2.45 bits per heavy atom. The fraction of sp³-hybridized carbons (Fsp3) is 0.417. The minimum Gasteiger partial charge on any atom is -0.495 e. The molecule has 0 aromatic heterocycles. The number of amides is 1. The minimum atomic E-state index is -3.93. The van der Waals surface area contributed by atoms with Crippen LogP contribution < -0.4 is 14.8 Å². The van der Waals surface area contributed by atoms with Crippen molar-refractivity contribution in [3.63, 3.8) is 0 Å². The van der Waals surface area contributed by atoms with E-state index in [2.05, 4.69) is 10.0 Å². The Labute approximate surface area is 194 Å². The van der Waals surface area contributed by atoms with Gasteiger partial charge < -0.3 is 14.8 Å². The lowest BCUT2D eigenvalue weighted by molar-refractivity contribution is 0.0601. The Morgan fingerprint density at radius 2 is 1.79 bits per heavy atom. The van der Waals surface area contributed by atoms with Crippen LogP contribution in [0, 0.1) is 12.8 Å². The highest BCUT2D eigenvalue weighted by atomic mass is 32.2. The summed E-state index contributed by atoms with van der Waals surface area (Å²) in [5.74, 6) is -0.763. The second-order valence-electron chi connectivity index (χ2n) is 8.30. The van der Waals surface area contributed by atoms with Crippen molar-refractivity contribution in [1.29, 1.82) is 0 Å². The van der Waals surface area contributed by atoms with Crippen LogP contribution in [0.4, 0.5) is 5.69 Å². The van der Waals surface area contributed by atoms with Gasteiger partial charge in [-0.2, -0.15) is 0 Å². The number of hydrogen-bond acceptors (Lipinski definition) is 6. The molecule has 1 aliphatic rings.